The molecule has 0 aliphatic carbocycles. The summed E-state index contributed by atoms with van der Waals surface area (Å²) in [5.74, 6) is 0. The maximum Gasteiger partial charge on any atom is -0.0111 e. The second-order valence-electron chi connectivity index (χ2n) is 1.03. The van der Waals surface area contributed by atoms with Gasteiger partial charge in [0.15, 0.2) is 0 Å². The molecule has 0 N–H and O–H groups in total. The van der Waals surface area contributed by atoms with Gasteiger partial charge in [-0.05, 0) is 26.8 Å². The van der Waals surface area contributed by atoms with Gasteiger partial charge in [-0.15, -0.1) is 0 Å². The first kappa shape index (κ1) is 4.74. The van der Waals surface area contributed by atoms with Gasteiger partial charge in [0.2, 0.25) is 0 Å². The molecule has 0 saturated heterocycles. The molecule has 0 saturated carbocycles. The highest BCUT2D eigenvalue weighted by atomic mass is 13.7. The zero-order valence-corrected chi connectivity index (χ0v) is 3.41. The molecule has 0 aromatic carbocycles. The van der Waals surface area contributed by atoms with Gasteiger partial charge in [0.25, 0.3) is 0 Å². The van der Waals surface area contributed by atoms with Crippen molar-refractivity contribution in [1.82, 2.24) is 0 Å². The third-order valence-electron chi connectivity index (χ3n) is 0.375. The van der Waals surface area contributed by atoms with Crippen molar-refractivity contribution in [1.29, 1.82) is 0 Å². The second kappa shape index (κ2) is 2.01. The first-order valence-electron chi connectivity index (χ1n) is 1.60. The fourth-order valence-electron chi connectivity index (χ4n) is 0. The van der Waals surface area contributed by atoms with Gasteiger partial charge in [-0.25, -0.2) is 0 Å². The van der Waals surface area contributed by atoms with E-state index in [-0.39, 0.29) is 0 Å². The molecule has 0 amide bonds. The van der Waals surface area contributed by atoms with E-state index >= 15 is 0 Å². The zero-order valence-electron chi connectivity index (χ0n) is 3.41. The highest BCUT2D eigenvalue weighted by molar-refractivity contribution is 4.84. The molecule has 0 atom stereocenters. The average molecular weight is 67.1 g/mol. The van der Waals surface area contributed by atoms with Gasteiger partial charge in [0, 0.05) is 0 Å². The molecule has 0 fully saturated rings. The van der Waals surface area contributed by atoms with Crippen molar-refractivity contribution in [2.75, 3.05) is 0 Å². The Hall–Kier alpha value is -0.260. The highest BCUT2D eigenvalue weighted by Gasteiger charge is 1.69. The summed E-state index contributed by atoms with van der Waals surface area (Å²) < 4.78 is 0. The average Bonchev–Trinajstić information content (AvgIpc) is 1.38. The maximum absolute atomic E-state index is 6.68. The van der Waals surface area contributed by atoms with Gasteiger partial charge < -0.3 is 0 Å². The largest absolute Gasteiger partial charge is 0.0648 e. The van der Waals surface area contributed by atoms with E-state index in [1.54, 1.807) is 6.92 Å². The van der Waals surface area contributed by atoms with Crippen LogP contribution >= 0.6 is 0 Å². The first-order valence-corrected chi connectivity index (χ1v) is 1.60. The monoisotopic (exact) mass is 67.1 g/mol. The SMILES string of the molecule is [C]=C(C)C[CH2]. The molecular formula is C5H7. The lowest BCUT2D eigenvalue weighted by molar-refractivity contribution is 1.22. The third kappa shape index (κ3) is 3.74. The van der Waals surface area contributed by atoms with Crippen molar-refractivity contribution in [3.8, 4) is 0 Å². The van der Waals surface area contributed by atoms with Gasteiger partial charge in [-0.3, -0.25) is 0 Å². The summed E-state index contributed by atoms with van der Waals surface area (Å²) in [6, 6.07) is 0. The molecule has 0 aliphatic heterocycles. The van der Waals surface area contributed by atoms with Crippen LogP contribution in [0.5, 0.6) is 0 Å². The predicted octanol–water partition coefficient (Wildman–Crippen LogP) is 1.47. The Morgan fingerprint density at radius 1 is 2.00 bits per heavy atom. The molecule has 0 aromatic rings. The van der Waals surface area contributed by atoms with E-state index in [4.69, 9.17) is 6.58 Å². The Balaban J connectivity index is 2.85. The lowest BCUT2D eigenvalue weighted by Crippen LogP contribution is -1.59. The summed E-state index contributed by atoms with van der Waals surface area (Å²) >= 11 is 0. The number of hydrogen-bond acceptors (Lipinski definition) is 0. The zero-order chi connectivity index (χ0) is 4.28. The fraction of sp³-hybridized carbons (Fsp3) is 0.400. The van der Waals surface area contributed by atoms with Crippen molar-refractivity contribution in [2.45, 2.75) is 13.3 Å². The Labute approximate surface area is 33.5 Å². The highest BCUT2D eigenvalue weighted by Crippen LogP contribution is 1.87. The van der Waals surface area contributed by atoms with Crippen LogP contribution in [0.2, 0.25) is 0 Å². The van der Waals surface area contributed by atoms with Gasteiger partial charge in [0.05, 0.1) is 0 Å². The predicted molar refractivity (Wildman–Crippen MR) is 22.4 cm³/mol. The van der Waals surface area contributed by atoms with Crippen LogP contribution in [0.1, 0.15) is 13.3 Å². The standard InChI is InChI=1S/C5H7/c1-4-5(2)3/h1,4H2,2H3. The van der Waals surface area contributed by atoms with Crippen molar-refractivity contribution in [3.05, 3.63) is 19.1 Å². The normalized spacial score (nSPS) is 7.60. The molecule has 3 radical (unpaired) electrons. The molecule has 0 aliphatic rings. The van der Waals surface area contributed by atoms with E-state index in [1.165, 1.54) is 0 Å². The molecular weight excluding hydrogens is 60.1 g/mol. The molecule has 0 rings (SSSR count). The van der Waals surface area contributed by atoms with Crippen LogP contribution in [-0.2, 0) is 0 Å². The Morgan fingerprint density at radius 3 is 2.20 bits per heavy atom. The van der Waals surface area contributed by atoms with Crippen LogP contribution < -0.4 is 0 Å². The second-order valence-corrected chi connectivity index (χ2v) is 1.03. The van der Waals surface area contributed by atoms with Crippen molar-refractivity contribution >= 4 is 0 Å². The molecule has 27 valence electrons. The molecule has 0 heteroatoms. The van der Waals surface area contributed by atoms with Gasteiger partial charge in [0.1, 0.15) is 0 Å². The van der Waals surface area contributed by atoms with Crippen LogP contribution in [0.4, 0.5) is 0 Å². The molecule has 0 heterocycles. The molecule has 0 nitrogen and oxygen atoms in total. The summed E-state index contributed by atoms with van der Waals surface area (Å²) in [5.41, 5.74) is 0.644. The van der Waals surface area contributed by atoms with E-state index in [0.29, 0.717) is 12.0 Å². The molecule has 5 heavy (non-hydrogen) atoms. The van der Waals surface area contributed by atoms with Crippen molar-refractivity contribution in [2.24, 2.45) is 0 Å². The van der Waals surface area contributed by atoms with E-state index in [1.807, 2.05) is 0 Å². The lowest BCUT2D eigenvalue weighted by Gasteiger charge is -1.78. The Kier molecular flexibility index (Phi) is 1.90. The fourth-order valence-corrected chi connectivity index (χ4v) is 0. The van der Waals surface area contributed by atoms with Crippen molar-refractivity contribution < 1.29 is 0 Å². The molecule has 0 spiro atoms. The van der Waals surface area contributed by atoms with Crippen LogP contribution in [-0.4, -0.2) is 0 Å². The summed E-state index contributed by atoms with van der Waals surface area (Å²) in [6.45, 7) is 11.9. The van der Waals surface area contributed by atoms with Gasteiger partial charge in [-0.1, -0.05) is 5.57 Å². The van der Waals surface area contributed by atoms with E-state index in [0.717, 1.165) is 0 Å². The van der Waals surface area contributed by atoms with Gasteiger partial charge >= 0.3 is 0 Å². The summed E-state index contributed by atoms with van der Waals surface area (Å²) in [6.07, 6.45) is 0.639. The molecule has 0 unspecified atom stereocenters. The van der Waals surface area contributed by atoms with Gasteiger partial charge in [-0.2, -0.15) is 0 Å². The smallest absolute Gasteiger partial charge is 0.0111 e. The van der Waals surface area contributed by atoms with Crippen LogP contribution in [0.3, 0.4) is 0 Å². The van der Waals surface area contributed by atoms with E-state index in [9.17, 15) is 0 Å². The summed E-state index contributed by atoms with van der Waals surface area (Å²) in [5, 5.41) is 0. The van der Waals surface area contributed by atoms with Crippen molar-refractivity contribution in [3.63, 3.8) is 0 Å². The minimum absolute atomic E-state index is 0.639. The van der Waals surface area contributed by atoms with E-state index < -0.39 is 0 Å². The Morgan fingerprint density at radius 2 is 2.20 bits per heavy atom. The summed E-state index contributed by atoms with van der Waals surface area (Å²) in [4.78, 5) is 0. The first-order chi connectivity index (χ1) is 2.27. The molecule has 0 bridgehead atoms. The van der Waals surface area contributed by atoms with Crippen LogP contribution in [0.25, 0.3) is 0 Å². The van der Waals surface area contributed by atoms with Crippen LogP contribution in [0.15, 0.2) is 5.57 Å². The third-order valence-corrected chi connectivity index (χ3v) is 0.375. The molecule has 0 aromatic heterocycles. The lowest BCUT2D eigenvalue weighted by atomic mass is 10.3. The van der Waals surface area contributed by atoms with Crippen LogP contribution in [0, 0.1) is 13.5 Å². The topological polar surface area (TPSA) is 0 Å². The minimum Gasteiger partial charge on any atom is -0.0648 e. The number of hydrogen-bond donors (Lipinski definition) is 0. The number of allylic oxidation sites excluding steroid dienone is 1. The van der Waals surface area contributed by atoms with E-state index in [2.05, 4.69) is 6.92 Å². The maximum atomic E-state index is 6.68. The number of rotatable bonds is 1. The Bertz CT molecular complexity index is 35.3. The minimum atomic E-state index is 0.639. The summed E-state index contributed by atoms with van der Waals surface area (Å²) in [7, 11) is 0. The quantitative estimate of drug-likeness (QED) is 0.435.